The average molecular weight is 1290 g/mol. The molecule has 12 aromatic carbocycles. The van der Waals surface area contributed by atoms with Crippen molar-refractivity contribution < 1.29 is 50.1 Å². The van der Waals surface area contributed by atoms with Crippen LogP contribution in [0.1, 0.15) is 0 Å². The Morgan fingerprint density at radius 1 is 0.208 bits per heavy atom. The van der Waals surface area contributed by atoms with Crippen LogP contribution in [-0.4, -0.2) is 0 Å². The third kappa shape index (κ3) is 18.6. The number of rotatable bonds is 12. The van der Waals surface area contributed by atoms with Crippen molar-refractivity contribution in [2.24, 2.45) is 0 Å². The second-order valence-electron chi connectivity index (χ2n) is 16.6. The summed E-state index contributed by atoms with van der Waals surface area (Å²) in [5, 5.41) is 16.9. The first-order valence-electron chi connectivity index (χ1n) is 24.5. The van der Waals surface area contributed by atoms with Crippen LogP contribution in [0.25, 0.3) is 0 Å². The molecular formula is C68H56Cl2Fe2P4Pd. The molecule has 0 aliphatic carbocycles. The van der Waals surface area contributed by atoms with E-state index in [9.17, 15) is 0 Å². The van der Waals surface area contributed by atoms with Crippen LogP contribution in [0.5, 0.6) is 0 Å². The molecule has 0 N–H and O–H groups in total. The van der Waals surface area contributed by atoms with Crippen molar-refractivity contribution in [3.8, 4) is 0 Å². The molecule has 0 heterocycles. The van der Waals surface area contributed by atoms with Gasteiger partial charge in [-0.3, -0.25) is 0 Å². The number of benzene rings is 8. The van der Waals surface area contributed by atoms with Gasteiger partial charge in [-0.1, -0.05) is 274 Å². The van der Waals surface area contributed by atoms with Crippen LogP contribution in [0.4, 0.5) is 0 Å². The van der Waals surface area contributed by atoms with Crippen LogP contribution in [0.2, 0.25) is 0 Å². The first-order valence-corrected chi connectivity index (χ1v) is 33.9. The van der Waals surface area contributed by atoms with E-state index in [4.69, 9.17) is 19.1 Å². The van der Waals surface area contributed by atoms with Gasteiger partial charge < -0.3 is 0 Å². The van der Waals surface area contributed by atoms with E-state index in [1.165, 1.54) is 63.7 Å². The van der Waals surface area contributed by atoms with Gasteiger partial charge in [-0.05, 0) is 42.4 Å². The third-order valence-corrected chi connectivity index (χ3v) is 21.5. The first-order chi connectivity index (χ1) is 37.2. The van der Waals surface area contributed by atoms with E-state index >= 15 is 0 Å². The molecule has 0 radical (unpaired) electrons. The molecule has 388 valence electrons. The van der Waals surface area contributed by atoms with Crippen LogP contribution in [0, 0.1) is 0 Å². The van der Waals surface area contributed by atoms with Crippen LogP contribution in [0.3, 0.4) is 0 Å². The maximum atomic E-state index is 4.81. The van der Waals surface area contributed by atoms with E-state index in [0.717, 1.165) is 0 Å². The maximum Gasteiger partial charge on any atom is 2.00 e. The Balaban J connectivity index is 0.000000162. The van der Waals surface area contributed by atoms with Gasteiger partial charge in [-0.2, -0.15) is 94.0 Å². The summed E-state index contributed by atoms with van der Waals surface area (Å²) in [7, 11) is 7.99. The van der Waals surface area contributed by atoms with E-state index < -0.39 is 31.7 Å². The van der Waals surface area contributed by atoms with Crippen molar-refractivity contribution in [1.29, 1.82) is 0 Å². The normalized spacial score (nSPS) is 10.3. The summed E-state index contributed by atoms with van der Waals surface area (Å²) in [6, 6.07) is 121. The molecule has 0 unspecified atom stereocenters. The van der Waals surface area contributed by atoms with Crippen molar-refractivity contribution in [2.75, 3.05) is 0 Å². The molecule has 0 saturated heterocycles. The first kappa shape index (κ1) is 61.4. The van der Waals surface area contributed by atoms with E-state index in [1.54, 1.807) is 0 Å². The largest absolute Gasteiger partial charge is 2.00 e. The van der Waals surface area contributed by atoms with Gasteiger partial charge in [0.05, 0.1) is 0 Å². The maximum absolute atomic E-state index is 4.81. The summed E-state index contributed by atoms with van der Waals surface area (Å²) >= 11 is -0.106. The van der Waals surface area contributed by atoms with E-state index in [1.807, 2.05) is 0 Å². The molecule has 12 aromatic rings. The molecule has 0 aliphatic heterocycles. The second-order valence-corrected chi connectivity index (χ2v) is 27.9. The van der Waals surface area contributed by atoms with Crippen molar-refractivity contribution in [1.82, 2.24) is 0 Å². The molecule has 77 heavy (non-hydrogen) atoms. The smallest absolute Gasteiger partial charge is 0.206 e. The number of hydrogen-bond acceptors (Lipinski definition) is 0. The van der Waals surface area contributed by atoms with Crippen molar-refractivity contribution >= 4 is 114 Å². The minimum absolute atomic E-state index is 0. The van der Waals surface area contributed by atoms with Gasteiger partial charge in [0.25, 0.3) is 0 Å². The summed E-state index contributed by atoms with van der Waals surface area (Å²) in [4.78, 5) is 0. The van der Waals surface area contributed by atoms with Gasteiger partial charge in [-0.15, -0.1) is 0 Å². The molecule has 0 atom stereocenters. The monoisotopic (exact) mass is 1280 g/mol. The fraction of sp³-hybridized carbons (Fsp3) is 0. The fourth-order valence-corrected chi connectivity index (χ4v) is 17.7. The van der Waals surface area contributed by atoms with Crippen LogP contribution < -0.4 is 63.7 Å². The minimum atomic E-state index is -0.409. The van der Waals surface area contributed by atoms with Crippen LogP contribution in [0.15, 0.2) is 340 Å². The zero-order valence-corrected chi connectivity index (χ0v) is 50.8. The zero-order valence-electron chi connectivity index (χ0n) is 41.9. The Labute approximate surface area is 499 Å². The summed E-state index contributed by atoms with van der Waals surface area (Å²) in [5.74, 6) is 0. The van der Waals surface area contributed by atoms with Gasteiger partial charge in [0, 0.05) is 0 Å². The summed E-state index contributed by atoms with van der Waals surface area (Å²) in [5.41, 5.74) is 0. The Hall–Kier alpha value is -4.84. The predicted octanol–water partition coefficient (Wildman–Crippen LogP) is 14.0. The molecule has 0 spiro atoms. The molecule has 0 saturated carbocycles. The second kappa shape index (κ2) is 34.9. The van der Waals surface area contributed by atoms with Crippen molar-refractivity contribution in [3.05, 3.63) is 340 Å². The predicted molar refractivity (Wildman–Crippen MR) is 335 cm³/mol. The third-order valence-electron chi connectivity index (χ3n) is 11.7. The number of halogens is 2. The summed E-state index contributed by atoms with van der Waals surface area (Å²) in [6.07, 6.45) is 0. The molecule has 0 aliphatic rings. The Kier molecular flexibility index (Phi) is 27.8. The average Bonchev–Trinajstić information content (AvgIpc) is 4.37. The van der Waals surface area contributed by atoms with Gasteiger partial charge in [0.1, 0.15) is 0 Å². The molecule has 0 bridgehead atoms. The van der Waals surface area contributed by atoms with Gasteiger partial charge in [0.2, 0.25) is 0 Å². The molecular weight excluding hydrogens is 1230 g/mol. The molecule has 12 rings (SSSR count). The Morgan fingerprint density at radius 3 is 0.442 bits per heavy atom. The molecule has 0 nitrogen and oxygen atoms in total. The minimum Gasteiger partial charge on any atom is -0.206 e. The van der Waals surface area contributed by atoms with Gasteiger partial charge in [0.15, 0.2) is 0 Å². The van der Waals surface area contributed by atoms with Gasteiger partial charge in [-0.25, -0.2) is 24.3 Å². The fourth-order valence-electron chi connectivity index (χ4n) is 8.46. The van der Waals surface area contributed by atoms with Crippen molar-refractivity contribution in [3.63, 3.8) is 0 Å². The van der Waals surface area contributed by atoms with E-state index in [0.29, 0.717) is 0 Å². The molecule has 0 aromatic heterocycles. The van der Waals surface area contributed by atoms with Crippen LogP contribution in [-0.2, 0) is 50.1 Å². The summed E-state index contributed by atoms with van der Waals surface area (Å²) < 4.78 is 0. The Bertz CT molecular complexity index is 2680. The SMILES string of the molecule is [Cl][Pd][Cl].[Fe+2].[Fe+2].c1ccc(P(c2ccccc2)c2cc[cH-]c2)cc1.c1ccc(P(c2ccccc2)c2cc[cH-]c2)cc1.c1ccc(P(c2ccccc2)c2cc[cH-]c2)cc1.c1ccc(P(c2ccccc2)c2cc[cH-]c2)cc1. The van der Waals surface area contributed by atoms with E-state index in [-0.39, 0.29) is 50.1 Å². The topological polar surface area (TPSA) is 0 Å². The molecule has 9 heteroatoms. The van der Waals surface area contributed by atoms with Crippen LogP contribution >= 0.6 is 50.7 Å². The number of hydrogen-bond donors (Lipinski definition) is 0. The van der Waals surface area contributed by atoms with Gasteiger partial charge >= 0.3 is 69.1 Å². The Morgan fingerprint density at radius 2 is 0.338 bits per heavy atom. The molecule has 0 amide bonds. The zero-order chi connectivity index (χ0) is 51.5. The summed E-state index contributed by atoms with van der Waals surface area (Å²) in [6.45, 7) is 0. The quantitative estimate of drug-likeness (QED) is 0.0650. The van der Waals surface area contributed by atoms with Crippen molar-refractivity contribution in [2.45, 2.75) is 0 Å². The standard InChI is InChI=1S/4C17H14P.2ClH.2Fe.Pd/c4*1-3-9-15(10-4-1)18(17-13-7-8-14-17)16-11-5-2-6-12-16;;;;;/h4*1-14H;2*1H;;;/q4*-1;;;3*+2/p-2. The molecule has 0 fully saturated rings. The van der Waals surface area contributed by atoms with E-state index in [2.05, 4.69) is 340 Å².